The van der Waals surface area contributed by atoms with Crippen molar-refractivity contribution in [2.24, 2.45) is 0 Å². The minimum Gasteiger partial charge on any atom is -0.347 e. The van der Waals surface area contributed by atoms with Gasteiger partial charge in [-0.05, 0) is 0 Å². The van der Waals surface area contributed by atoms with Gasteiger partial charge in [-0.3, -0.25) is 4.79 Å². The van der Waals surface area contributed by atoms with Gasteiger partial charge in [0, 0.05) is 25.4 Å². The molecule has 6 heteroatoms. The summed E-state index contributed by atoms with van der Waals surface area (Å²) in [7, 11) is 0. The molecule has 0 aromatic carbocycles. The fraction of sp³-hybridized carbons (Fsp3) is 0.300. The lowest BCUT2D eigenvalue weighted by atomic mass is 10.4. The van der Waals surface area contributed by atoms with Gasteiger partial charge in [0.25, 0.3) is 0 Å². The van der Waals surface area contributed by atoms with Crippen LogP contribution in [0.5, 0.6) is 0 Å². The SMILES string of the molecule is O=C1CCN(c2ncnc3nccnc23)C1. The molecule has 0 bridgehead atoms. The molecular formula is C10H9N5O. The lowest BCUT2D eigenvalue weighted by molar-refractivity contribution is -0.116. The summed E-state index contributed by atoms with van der Waals surface area (Å²) >= 11 is 0. The van der Waals surface area contributed by atoms with Gasteiger partial charge in [-0.25, -0.2) is 19.9 Å². The first-order valence-corrected chi connectivity index (χ1v) is 5.03. The van der Waals surface area contributed by atoms with Crippen molar-refractivity contribution in [2.75, 3.05) is 18.0 Å². The first kappa shape index (κ1) is 9.14. The Morgan fingerprint density at radius 2 is 2.00 bits per heavy atom. The van der Waals surface area contributed by atoms with Crippen LogP contribution in [0.2, 0.25) is 0 Å². The predicted molar refractivity (Wildman–Crippen MR) is 57.0 cm³/mol. The third-order valence-corrected chi connectivity index (χ3v) is 2.58. The highest BCUT2D eigenvalue weighted by Crippen LogP contribution is 2.21. The van der Waals surface area contributed by atoms with Crippen LogP contribution in [-0.4, -0.2) is 38.8 Å². The summed E-state index contributed by atoms with van der Waals surface area (Å²) in [5.41, 5.74) is 1.21. The summed E-state index contributed by atoms with van der Waals surface area (Å²) in [4.78, 5) is 29.7. The van der Waals surface area contributed by atoms with Crippen molar-refractivity contribution in [3.8, 4) is 0 Å². The molecule has 0 spiro atoms. The lowest BCUT2D eigenvalue weighted by Gasteiger charge is -2.15. The van der Waals surface area contributed by atoms with Crippen molar-refractivity contribution < 1.29 is 4.79 Å². The minimum absolute atomic E-state index is 0.232. The zero-order valence-corrected chi connectivity index (χ0v) is 8.50. The molecule has 0 N–H and O–H groups in total. The maximum absolute atomic E-state index is 11.2. The first-order chi connectivity index (χ1) is 7.84. The third-order valence-electron chi connectivity index (χ3n) is 2.58. The van der Waals surface area contributed by atoms with Crippen LogP contribution in [0.25, 0.3) is 11.2 Å². The van der Waals surface area contributed by atoms with Crippen LogP contribution in [0.15, 0.2) is 18.7 Å². The van der Waals surface area contributed by atoms with E-state index in [4.69, 9.17) is 0 Å². The second-order valence-corrected chi connectivity index (χ2v) is 3.64. The average molecular weight is 215 g/mol. The van der Waals surface area contributed by atoms with Crippen molar-refractivity contribution in [1.82, 2.24) is 19.9 Å². The number of ketones is 1. The van der Waals surface area contributed by atoms with Gasteiger partial charge in [0.15, 0.2) is 22.8 Å². The van der Waals surface area contributed by atoms with Crippen LogP contribution >= 0.6 is 0 Å². The van der Waals surface area contributed by atoms with Crippen molar-refractivity contribution in [2.45, 2.75) is 6.42 Å². The number of fused-ring (bicyclic) bond motifs is 1. The van der Waals surface area contributed by atoms with E-state index in [9.17, 15) is 4.79 Å². The Morgan fingerprint density at radius 3 is 2.81 bits per heavy atom. The Labute approximate surface area is 91.4 Å². The molecule has 1 aliphatic heterocycles. The summed E-state index contributed by atoms with van der Waals surface area (Å²) < 4.78 is 0. The molecule has 0 atom stereocenters. The molecule has 3 rings (SSSR count). The summed E-state index contributed by atoms with van der Waals surface area (Å²) in [6.07, 6.45) is 5.22. The van der Waals surface area contributed by atoms with Crippen LogP contribution in [0.3, 0.4) is 0 Å². The van der Waals surface area contributed by atoms with E-state index in [-0.39, 0.29) is 5.78 Å². The van der Waals surface area contributed by atoms with E-state index in [0.29, 0.717) is 36.5 Å². The van der Waals surface area contributed by atoms with E-state index in [1.54, 1.807) is 12.4 Å². The molecular weight excluding hydrogens is 206 g/mol. The number of anilines is 1. The van der Waals surface area contributed by atoms with Crippen LogP contribution in [0.1, 0.15) is 6.42 Å². The van der Waals surface area contributed by atoms with Gasteiger partial charge in [0.05, 0.1) is 6.54 Å². The number of rotatable bonds is 1. The van der Waals surface area contributed by atoms with Crippen LogP contribution < -0.4 is 4.90 Å². The molecule has 0 amide bonds. The molecule has 0 saturated carbocycles. The monoisotopic (exact) mass is 215 g/mol. The van der Waals surface area contributed by atoms with Gasteiger partial charge in [0.1, 0.15) is 6.33 Å². The first-order valence-electron chi connectivity index (χ1n) is 5.03. The summed E-state index contributed by atoms with van der Waals surface area (Å²) in [5, 5.41) is 0. The molecule has 6 nitrogen and oxygen atoms in total. The predicted octanol–water partition coefficient (Wildman–Crippen LogP) is 0.199. The zero-order chi connectivity index (χ0) is 11.0. The van der Waals surface area contributed by atoms with Gasteiger partial charge in [-0.15, -0.1) is 0 Å². The van der Waals surface area contributed by atoms with Gasteiger partial charge in [-0.1, -0.05) is 0 Å². The molecule has 0 aliphatic carbocycles. The van der Waals surface area contributed by atoms with E-state index in [1.165, 1.54) is 6.33 Å². The number of aromatic nitrogens is 4. The van der Waals surface area contributed by atoms with Gasteiger partial charge in [-0.2, -0.15) is 0 Å². The normalized spacial score (nSPS) is 16.0. The van der Waals surface area contributed by atoms with Crippen molar-refractivity contribution >= 4 is 22.8 Å². The second kappa shape index (κ2) is 3.48. The maximum atomic E-state index is 11.2. The quantitative estimate of drug-likeness (QED) is 0.676. The number of hydrogen-bond donors (Lipinski definition) is 0. The summed E-state index contributed by atoms with van der Waals surface area (Å²) in [6, 6.07) is 0. The molecule has 0 unspecified atom stereocenters. The Balaban J connectivity index is 2.13. The molecule has 2 aromatic rings. The molecule has 16 heavy (non-hydrogen) atoms. The van der Waals surface area contributed by atoms with E-state index in [2.05, 4.69) is 19.9 Å². The molecule has 1 saturated heterocycles. The summed E-state index contributed by atoms with van der Waals surface area (Å²) in [5.74, 6) is 0.930. The van der Waals surface area contributed by atoms with E-state index in [1.807, 2.05) is 4.90 Å². The fourth-order valence-corrected chi connectivity index (χ4v) is 1.83. The number of carbonyl (C=O) groups is 1. The standard InChI is InChI=1S/C10H9N5O/c16-7-1-4-15(5-7)10-8-9(13-6-14-10)12-3-2-11-8/h2-3,6H,1,4-5H2. The molecule has 0 radical (unpaired) electrons. The molecule has 2 aromatic heterocycles. The smallest absolute Gasteiger partial charge is 0.183 e. The van der Waals surface area contributed by atoms with Crippen molar-refractivity contribution in [3.63, 3.8) is 0 Å². The highest BCUT2D eigenvalue weighted by Gasteiger charge is 2.22. The van der Waals surface area contributed by atoms with Crippen LogP contribution in [0.4, 0.5) is 5.82 Å². The second-order valence-electron chi connectivity index (χ2n) is 3.64. The molecule has 1 aliphatic rings. The van der Waals surface area contributed by atoms with E-state index < -0.39 is 0 Å². The Morgan fingerprint density at radius 1 is 1.12 bits per heavy atom. The third kappa shape index (κ3) is 1.39. The molecule has 1 fully saturated rings. The van der Waals surface area contributed by atoms with Gasteiger partial charge >= 0.3 is 0 Å². The Kier molecular flexibility index (Phi) is 1.99. The number of Topliss-reactive ketones (excluding diaryl/α,β-unsaturated/α-hetero) is 1. The summed E-state index contributed by atoms with van der Waals surface area (Å²) in [6.45, 7) is 1.10. The van der Waals surface area contributed by atoms with E-state index in [0.717, 1.165) is 0 Å². The molecule has 3 heterocycles. The number of hydrogen-bond acceptors (Lipinski definition) is 6. The fourth-order valence-electron chi connectivity index (χ4n) is 1.83. The minimum atomic E-state index is 0.232. The van der Waals surface area contributed by atoms with Crippen LogP contribution in [-0.2, 0) is 4.79 Å². The van der Waals surface area contributed by atoms with Crippen LogP contribution in [0, 0.1) is 0 Å². The van der Waals surface area contributed by atoms with E-state index >= 15 is 0 Å². The number of carbonyl (C=O) groups excluding carboxylic acids is 1. The van der Waals surface area contributed by atoms with Gasteiger partial charge < -0.3 is 4.90 Å². The zero-order valence-electron chi connectivity index (χ0n) is 8.50. The lowest BCUT2D eigenvalue weighted by Crippen LogP contribution is -2.21. The highest BCUT2D eigenvalue weighted by molar-refractivity contribution is 5.90. The van der Waals surface area contributed by atoms with Crippen molar-refractivity contribution in [1.29, 1.82) is 0 Å². The highest BCUT2D eigenvalue weighted by atomic mass is 16.1. The maximum Gasteiger partial charge on any atom is 0.183 e. The van der Waals surface area contributed by atoms with Crippen molar-refractivity contribution in [3.05, 3.63) is 18.7 Å². The average Bonchev–Trinajstić information content (AvgIpc) is 2.75. The largest absolute Gasteiger partial charge is 0.347 e. The molecule has 80 valence electrons. The topological polar surface area (TPSA) is 71.9 Å². The Bertz CT molecular complexity index is 550. The number of nitrogens with zero attached hydrogens (tertiary/aromatic N) is 5. The van der Waals surface area contributed by atoms with Gasteiger partial charge in [0.2, 0.25) is 0 Å². The Hall–Kier alpha value is -2.11.